The summed E-state index contributed by atoms with van der Waals surface area (Å²) in [6, 6.07) is 12.0. The maximum atomic E-state index is 12.2. The summed E-state index contributed by atoms with van der Waals surface area (Å²) in [6.45, 7) is 2.49. The van der Waals surface area contributed by atoms with Crippen LogP contribution in [0.5, 0.6) is 0 Å². The van der Waals surface area contributed by atoms with Crippen molar-refractivity contribution in [2.45, 2.75) is 13.3 Å². The topological polar surface area (TPSA) is 113 Å². The van der Waals surface area contributed by atoms with Crippen molar-refractivity contribution in [3.05, 3.63) is 69.8 Å². The van der Waals surface area contributed by atoms with Crippen molar-refractivity contribution >= 4 is 40.5 Å². The summed E-state index contributed by atoms with van der Waals surface area (Å²) in [4.78, 5) is 34.7. The molecule has 9 heteroatoms. The van der Waals surface area contributed by atoms with E-state index in [0.717, 1.165) is 12.5 Å². The van der Waals surface area contributed by atoms with Gasteiger partial charge >= 0.3 is 0 Å². The average molecular weight is 386 g/mol. The number of amides is 2. The number of benzene rings is 2. The second-order valence-corrected chi connectivity index (χ2v) is 5.93. The van der Waals surface area contributed by atoms with E-state index in [-0.39, 0.29) is 22.3 Å². The lowest BCUT2D eigenvalue weighted by Crippen LogP contribution is -2.35. The molecule has 0 saturated carbocycles. The second kappa shape index (κ2) is 9.39. The molecule has 0 heterocycles. The van der Waals surface area contributed by atoms with Gasteiger partial charge in [-0.2, -0.15) is 0 Å². The van der Waals surface area contributed by atoms with Gasteiger partial charge in [-0.05, 0) is 36.8 Å². The number of nitro benzene ring substituents is 1. The van der Waals surface area contributed by atoms with Gasteiger partial charge in [0, 0.05) is 24.2 Å². The van der Waals surface area contributed by atoms with Crippen LogP contribution in [0.25, 0.3) is 0 Å². The smallest absolute Gasteiger partial charge is 0.270 e. The maximum Gasteiger partial charge on any atom is 0.270 e. The molecule has 0 radical (unpaired) electrons. The number of nitro groups is 1. The molecule has 0 aliphatic rings. The fourth-order valence-electron chi connectivity index (χ4n) is 2.21. The Labute approximate surface area is 161 Å². The van der Waals surface area contributed by atoms with E-state index in [0.29, 0.717) is 17.8 Å². The first-order valence-electron chi connectivity index (χ1n) is 8.16. The fraction of sp³-hybridized carbons (Fsp3) is 0.167. The maximum absolute atomic E-state index is 12.2. The summed E-state index contributed by atoms with van der Waals surface area (Å²) in [5.74, 6) is -0.850. The number of hydrogen-bond acceptors (Lipinski definition) is 5. The van der Waals surface area contributed by atoms with Crippen LogP contribution in [0.2, 0.25) is 0 Å². The van der Waals surface area contributed by atoms with Crippen LogP contribution in [0, 0.1) is 10.1 Å². The molecule has 0 unspecified atom stereocenters. The lowest BCUT2D eigenvalue weighted by Gasteiger charge is -2.13. The zero-order valence-electron chi connectivity index (χ0n) is 14.5. The Kier molecular flexibility index (Phi) is 6.95. The van der Waals surface area contributed by atoms with E-state index in [9.17, 15) is 19.7 Å². The molecule has 0 aliphatic heterocycles. The van der Waals surface area contributed by atoms with Crippen molar-refractivity contribution in [1.29, 1.82) is 0 Å². The lowest BCUT2D eigenvalue weighted by atomic mass is 10.1. The van der Waals surface area contributed by atoms with Crippen LogP contribution in [-0.4, -0.2) is 28.4 Å². The van der Waals surface area contributed by atoms with Crippen LogP contribution >= 0.6 is 12.2 Å². The summed E-state index contributed by atoms with van der Waals surface area (Å²) >= 11 is 5.12. The first kappa shape index (κ1) is 20.0. The predicted octanol–water partition coefficient (Wildman–Crippen LogP) is 2.86. The highest BCUT2D eigenvalue weighted by atomic mass is 32.1. The Morgan fingerprint density at radius 3 is 2.56 bits per heavy atom. The minimum absolute atomic E-state index is 0.0257. The minimum Gasteiger partial charge on any atom is -0.352 e. The van der Waals surface area contributed by atoms with Gasteiger partial charge < -0.3 is 10.6 Å². The van der Waals surface area contributed by atoms with Crippen molar-refractivity contribution in [1.82, 2.24) is 10.6 Å². The number of non-ortho nitro benzene ring substituents is 1. The van der Waals surface area contributed by atoms with Crippen molar-refractivity contribution in [3.8, 4) is 0 Å². The Morgan fingerprint density at radius 1 is 1.11 bits per heavy atom. The molecule has 0 atom stereocenters. The molecule has 0 spiro atoms. The molecular formula is C18H18N4O4S. The number of anilines is 1. The Balaban J connectivity index is 2.08. The third-order valence-electron chi connectivity index (χ3n) is 3.50. The van der Waals surface area contributed by atoms with E-state index in [1.165, 1.54) is 18.2 Å². The SMILES string of the molecule is CCCNC(=O)c1ccccc1NC(=S)NC(=O)c1cccc([N+](=O)[O-])c1. The highest BCUT2D eigenvalue weighted by Crippen LogP contribution is 2.16. The number of hydrogen-bond donors (Lipinski definition) is 3. The molecule has 8 nitrogen and oxygen atoms in total. The molecule has 0 saturated heterocycles. The van der Waals surface area contributed by atoms with Crippen LogP contribution in [0.4, 0.5) is 11.4 Å². The van der Waals surface area contributed by atoms with Gasteiger partial charge in [-0.15, -0.1) is 0 Å². The molecule has 3 N–H and O–H groups in total. The lowest BCUT2D eigenvalue weighted by molar-refractivity contribution is -0.384. The van der Waals surface area contributed by atoms with E-state index >= 15 is 0 Å². The molecule has 0 fully saturated rings. The fourth-order valence-corrected chi connectivity index (χ4v) is 2.42. The molecular weight excluding hydrogens is 368 g/mol. The average Bonchev–Trinajstić information content (AvgIpc) is 2.66. The first-order valence-corrected chi connectivity index (χ1v) is 8.57. The summed E-state index contributed by atoms with van der Waals surface area (Å²) in [6.07, 6.45) is 0.805. The van der Waals surface area contributed by atoms with E-state index in [2.05, 4.69) is 16.0 Å². The van der Waals surface area contributed by atoms with Gasteiger partial charge in [0.1, 0.15) is 0 Å². The summed E-state index contributed by atoms with van der Waals surface area (Å²) in [5.41, 5.74) is 0.732. The number of carbonyl (C=O) groups excluding carboxylic acids is 2. The van der Waals surface area contributed by atoms with Crippen LogP contribution in [-0.2, 0) is 0 Å². The Bertz CT molecular complexity index is 885. The molecule has 27 heavy (non-hydrogen) atoms. The standard InChI is InChI=1S/C18H18N4O4S/c1-2-10-19-17(24)14-8-3-4-9-15(14)20-18(27)21-16(23)12-6-5-7-13(11-12)22(25)26/h3-9,11H,2,10H2,1H3,(H,19,24)(H2,20,21,23,27). The van der Waals surface area contributed by atoms with Crippen molar-refractivity contribution in [3.63, 3.8) is 0 Å². The number of para-hydroxylation sites is 1. The minimum atomic E-state index is -0.593. The van der Waals surface area contributed by atoms with Gasteiger partial charge in [0.2, 0.25) is 0 Å². The normalized spacial score (nSPS) is 9.96. The summed E-state index contributed by atoms with van der Waals surface area (Å²) in [5, 5.41) is 18.8. The van der Waals surface area contributed by atoms with Crippen molar-refractivity contribution < 1.29 is 14.5 Å². The predicted molar refractivity (Wildman–Crippen MR) is 106 cm³/mol. The quantitative estimate of drug-likeness (QED) is 0.400. The van der Waals surface area contributed by atoms with Gasteiger partial charge in [-0.1, -0.05) is 25.1 Å². The van der Waals surface area contributed by atoms with Gasteiger partial charge in [0.25, 0.3) is 17.5 Å². The van der Waals surface area contributed by atoms with Crippen LogP contribution in [0.1, 0.15) is 34.1 Å². The Hall–Kier alpha value is -3.33. The first-order chi connectivity index (χ1) is 12.9. The molecule has 0 aliphatic carbocycles. The Morgan fingerprint density at radius 2 is 1.85 bits per heavy atom. The number of rotatable bonds is 6. The zero-order valence-corrected chi connectivity index (χ0v) is 15.3. The molecule has 2 aromatic carbocycles. The molecule has 2 amide bonds. The molecule has 0 aromatic heterocycles. The third-order valence-corrected chi connectivity index (χ3v) is 3.71. The van der Waals surface area contributed by atoms with Gasteiger partial charge in [-0.25, -0.2) is 0 Å². The van der Waals surface area contributed by atoms with Crippen LogP contribution < -0.4 is 16.0 Å². The summed E-state index contributed by atoms with van der Waals surface area (Å²) in [7, 11) is 0. The van der Waals surface area contributed by atoms with Crippen molar-refractivity contribution in [2.75, 3.05) is 11.9 Å². The summed E-state index contributed by atoms with van der Waals surface area (Å²) < 4.78 is 0. The van der Waals surface area contributed by atoms with Gasteiger partial charge in [-0.3, -0.25) is 25.0 Å². The van der Waals surface area contributed by atoms with E-state index < -0.39 is 10.8 Å². The molecule has 2 aromatic rings. The van der Waals surface area contributed by atoms with Crippen LogP contribution in [0.3, 0.4) is 0 Å². The molecule has 2 rings (SSSR count). The second-order valence-electron chi connectivity index (χ2n) is 5.52. The van der Waals surface area contributed by atoms with E-state index in [4.69, 9.17) is 12.2 Å². The number of nitrogens with one attached hydrogen (secondary N) is 3. The van der Waals surface area contributed by atoms with Gasteiger partial charge in [0.15, 0.2) is 5.11 Å². The number of carbonyl (C=O) groups is 2. The monoisotopic (exact) mass is 386 g/mol. The van der Waals surface area contributed by atoms with Crippen molar-refractivity contribution in [2.24, 2.45) is 0 Å². The highest BCUT2D eigenvalue weighted by molar-refractivity contribution is 7.80. The molecule has 140 valence electrons. The number of nitrogens with zero attached hydrogens (tertiary/aromatic N) is 1. The highest BCUT2D eigenvalue weighted by Gasteiger charge is 2.15. The number of thiocarbonyl (C=S) groups is 1. The van der Waals surface area contributed by atoms with Gasteiger partial charge in [0.05, 0.1) is 16.2 Å². The van der Waals surface area contributed by atoms with E-state index in [1.807, 2.05) is 6.92 Å². The van der Waals surface area contributed by atoms with E-state index in [1.54, 1.807) is 24.3 Å². The largest absolute Gasteiger partial charge is 0.352 e. The zero-order chi connectivity index (χ0) is 19.8. The third kappa shape index (κ3) is 5.58. The molecule has 0 bridgehead atoms. The van der Waals surface area contributed by atoms with Crippen LogP contribution in [0.15, 0.2) is 48.5 Å².